The molecule has 170 valence electrons. The average Bonchev–Trinajstić information content (AvgIpc) is 3.13. The normalized spacial score (nSPS) is 17.7. The summed E-state index contributed by atoms with van der Waals surface area (Å²) in [4.78, 5) is 34.3. The summed E-state index contributed by atoms with van der Waals surface area (Å²) in [7, 11) is 3.93. The highest BCUT2D eigenvalue weighted by Gasteiger charge is 2.41. The lowest BCUT2D eigenvalue weighted by molar-refractivity contribution is -0.138. The number of aliphatic imine (C=N–C) groups is 1. The van der Waals surface area contributed by atoms with E-state index >= 15 is 0 Å². The molecule has 0 spiro atoms. The first-order chi connectivity index (χ1) is 15.3. The van der Waals surface area contributed by atoms with Crippen LogP contribution in [0.1, 0.15) is 30.5 Å². The van der Waals surface area contributed by atoms with Gasteiger partial charge in [0.05, 0.1) is 23.7 Å². The molecule has 0 saturated heterocycles. The van der Waals surface area contributed by atoms with Crippen molar-refractivity contribution in [2.75, 3.05) is 33.8 Å². The number of nitrogens with one attached hydrogen (secondary N) is 1. The molecule has 0 aromatic heterocycles. The van der Waals surface area contributed by atoms with Crippen LogP contribution in [-0.4, -0.2) is 60.6 Å². The third-order valence-electron chi connectivity index (χ3n) is 5.17. The van der Waals surface area contributed by atoms with Gasteiger partial charge in [-0.15, -0.1) is 0 Å². The number of nitrogens with zero attached hydrogens (tertiary/aromatic N) is 3. The van der Waals surface area contributed by atoms with E-state index < -0.39 is 12.0 Å². The Labute approximate surface area is 193 Å². The molecular weight excluding hydrogens is 424 g/mol. The number of hydrogen-bond acceptors (Lipinski definition) is 7. The zero-order valence-corrected chi connectivity index (χ0v) is 19.9. The van der Waals surface area contributed by atoms with Crippen molar-refractivity contribution in [1.29, 1.82) is 0 Å². The summed E-state index contributed by atoms with van der Waals surface area (Å²) < 4.78 is 5.40. The Kier molecular flexibility index (Phi) is 7.93. The first kappa shape index (κ1) is 23.8. The first-order valence-corrected chi connectivity index (χ1v) is 11.4. The molecule has 3 rings (SSSR count). The fourth-order valence-electron chi connectivity index (χ4n) is 3.55. The maximum Gasteiger partial charge on any atom is 0.338 e. The summed E-state index contributed by atoms with van der Waals surface area (Å²) in [6, 6.07) is 7.63. The summed E-state index contributed by atoms with van der Waals surface area (Å²) in [6.07, 6.45) is 1.75. The van der Waals surface area contributed by atoms with Crippen molar-refractivity contribution in [2.45, 2.75) is 26.3 Å². The lowest BCUT2D eigenvalue weighted by Crippen LogP contribution is -2.38. The van der Waals surface area contributed by atoms with Crippen LogP contribution in [0.5, 0.6) is 0 Å². The summed E-state index contributed by atoms with van der Waals surface area (Å²) in [5.74, 6) is -0.493. The first-order valence-electron chi connectivity index (χ1n) is 10.5. The number of benzene rings is 1. The van der Waals surface area contributed by atoms with E-state index in [1.165, 1.54) is 11.8 Å². The fourth-order valence-corrected chi connectivity index (χ4v) is 4.52. The second kappa shape index (κ2) is 10.7. The monoisotopic (exact) mass is 454 g/mol. The Morgan fingerprint density at radius 2 is 2.00 bits per heavy atom. The minimum atomic E-state index is -0.428. The Morgan fingerprint density at radius 1 is 1.28 bits per heavy atom. The highest BCUT2D eigenvalue weighted by atomic mass is 32.2. The maximum atomic E-state index is 13.0. The van der Waals surface area contributed by atoms with E-state index in [9.17, 15) is 9.59 Å². The smallest absolute Gasteiger partial charge is 0.338 e. The van der Waals surface area contributed by atoms with E-state index in [0.29, 0.717) is 17.8 Å². The SMILES string of the molecule is C=CCOC(=O)C1=C(C)N=C2SC=C(CC(=O)NCCN(C)C)N2C1c1ccc(C)cc1. The number of fused-ring (bicyclic) bond motifs is 1. The zero-order chi connectivity index (χ0) is 23.3. The predicted molar refractivity (Wildman–Crippen MR) is 129 cm³/mol. The molecule has 32 heavy (non-hydrogen) atoms. The second-order valence-electron chi connectivity index (χ2n) is 8.02. The molecular formula is C24H30N4O3S. The fraction of sp³-hybridized carbons (Fsp3) is 0.375. The Balaban J connectivity index is 1.91. The lowest BCUT2D eigenvalue weighted by atomic mass is 9.93. The van der Waals surface area contributed by atoms with Crippen molar-refractivity contribution in [3.05, 3.63) is 70.4 Å². The van der Waals surface area contributed by atoms with Crippen LogP contribution < -0.4 is 5.32 Å². The molecule has 0 aliphatic carbocycles. The van der Waals surface area contributed by atoms with Gasteiger partial charge in [0, 0.05) is 18.8 Å². The van der Waals surface area contributed by atoms with Gasteiger partial charge >= 0.3 is 5.97 Å². The van der Waals surface area contributed by atoms with Gasteiger partial charge in [-0.3, -0.25) is 4.79 Å². The third kappa shape index (κ3) is 5.49. The molecule has 0 radical (unpaired) electrons. The van der Waals surface area contributed by atoms with Gasteiger partial charge in [0.1, 0.15) is 6.61 Å². The molecule has 1 unspecified atom stereocenters. The number of likely N-dealkylation sites (N-methyl/N-ethyl adjacent to an activating group) is 1. The molecule has 1 aromatic carbocycles. The van der Waals surface area contributed by atoms with Crippen LogP contribution in [0.4, 0.5) is 0 Å². The Morgan fingerprint density at radius 3 is 2.66 bits per heavy atom. The quantitative estimate of drug-likeness (QED) is 0.456. The number of amidine groups is 1. The van der Waals surface area contributed by atoms with E-state index in [0.717, 1.165) is 28.5 Å². The van der Waals surface area contributed by atoms with Crippen molar-refractivity contribution in [2.24, 2.45) is 4.99 Å². The number of esters is 1. The Hall–Kier alpha value is -2.84. The van der Waals surface area contributed by atoms with Gasteiger partial charge < -0.3 is 19.9 Å². The van der Waals surface area contributed by atoms with Crippen molar-refractivity contribution in [3.8, 4) is 0 Å². The molecule has 2 heterocycles. The number of amides is 1. The third-order valence-corrected chi connectivity index (χ3v) is 6.06. The summed E-state index contributed by atoms with van der Waals surface area (Å²) in [5.41, 5.74) is 3.97. The van der Waals surface area contributed by atoms with Crippen LogP contribution in [0, 0.1) is 6.92 Å². The van der Waals surface area contributed by atoms with Gasteiger partial charge in [-0.1, -0.05) is 54.2 Å². The number of thioether (sulfide) groups is 1. The zero-order valence-electron chi connectivity index (χ0n) is 19.1. The molecule has 0 bridgehead atoms. The minimum Gasteiger partial charge on any atom is -0.458 e. The summed E-state index contributed by atoms with van der Waals surface area (Å²) in [5, 5.41) is 5.65. The lowest BCUT2D eigenvalue weighted by Gasteiger charge is -2.36. The van der Waals surface area contributed by atoms with Crippen molar-refractivity contribution < 1.29 is 14.3 Å². The highest BCUT2D eigenvalue weighted by Crippen LogP contribution is 2.44. The molecule has 8 heteroatoms. The van der Waals surface area contributed by atoms with Crippen LogP contribution in [0.2, 0.25) is 0 Å². The van der Waals surface area contributed by atoms with E-state index in [2.05, 4.69) is 16.9 Å². The van der Waals surface area contributed by atoms with Gasteiger partial charge in [-0.05, 0) is 38.9 Å². The molecule has 2 aliphatic heterocycles. The standard InChI is InChI=1S/C24H30N4O3S/c1-6-13-31-23(30)21-17(3)26-24-28(22(21)18-9-7-16(2)8-10-18)19(15-32-24)14-20(29)25-11-12-27(4)5/h6-10,15,22H,1,11-14H2,2-5H3,(H,25,29). The van der Waals surface area contributed by atoms with Crippen LogP contribution in [-0.2, 0) is 14.3 Å². The van der Waals surface area contributed by atoms with E-state index in [1.807, 2.05) is 67.4 Å². The maximum absolute atomic E-state index is 13.0. The van der Waals surface area contributed by atoms with E-state index in [1.54, 1.807) is 6.08 Å². The van der Waals surface area contributed by atoms with Crippen molar-refractivity contribution >= 4 is 28.8 Å². The van der Waals surface area contributed by atoms with Crippen molar-refractivity contribution in [1.82, 2.24) is 15.1 Å². The molecule has 0 saturated carbocycles. The molecule has 7 nitrogen and oxygen atoms in total. The molecule has 0 fully saturated rings. The van der Waals surface area contributed by atoms with Gasteiger partial charge in [-0.2, -0.15) is 0 Å². The number of carbonyl (C=O) groups is 2. The minimum absolute atomic E-state index is 0.0651. The summed E-state index contributed by atoms with van der Waals surface area (Å²) in [6.45, 7) is 8.94. The Bertz CT molecular complexity index is 979. The number of rotatable bonds is 9. The van der Waals surface area contributed by atoms with Crippen LogP contribution >= 0.6 is 11.8 Å². The van der Waals surface area contributed by atoms with Gasteiger partial charge in [0.2, 0.25) is 5.91 Å². The van der Waals surface area contributed by atoms with Crippen LogP contribution in [0.25, 0.3) is 0 Å². The molecule has 1 atom stereocenters. The topological polar surface area (TPSA) is 74.2 Å². The molecule has 1 aromatic rings. The highest BCUT2D eigenvalue weighted by molar-refractivity contribution is 8.16. The van der Waals surface area contributed by atoms with E-state index in [-0.39, 0.29) is 18.9 Å². The molecule has 1 N–H and O–H groups in total. The molecule has 2 aliphatic rings. The number of carbonyl (C=O) groups excluding carboxylic acids is 2. The molecule has 1 amide bonds. The number of hydrogen-bond donors (Lipinski definition) is 1. The number of allylic oxidation sites excluding steroid dienone is 1. The predicted octanol–water partition coefficient (Wildman–Crippen LogP) is 3.37. The second-order valence-corrected chi connectivity index (χ2v) is 8.86. The largest absolute Gasteiger partial charge is 0.458 e. The van der Waals surface area contributed by atoms with Crippen molar-refractivity contribution in [3.63, 3.8) is 0 Å². The van der Waals surface area contributed by atoms with Crippen LogP contribution in [0.3, 0.4) is 0 Å². The van der Waals surface area contributed by atoms with Gasteiger partial charge in [-0.25, -0.2) is 9.79 Å². The average molecular weight is 455 g/mol. The number of aryl methyl sites for hydroxylation is 1. The van der Waals surface area contributed by atoms with Crippen LogP contribution in [0.15, 0.2) is 64.3 Å². The van der Waals surface area contributed by atoms with Gasteiger partial charge in [0.15, 0.2) is 5.17 Å². The summed E-state index contributed by atoms with van der Waals surface area (Å²) >= 11 is 1.47. The van der Waals surface area contributed by atoms with Gasteiger partial charge in [0.25, 0.3) is 0 Å². The number of ether oxygens (including phenoxy) is 1. The van der Waals surface area contributed by atoms with E-state index in [4.69, 9.17) is 4.74 Å².